The Morgan fingerprint density at radius 1 is 1.38 bits per heavy atom. The van der Waals surface area contributed by atoms with Gasteiger partial charge >= 0.3 is 0 Å². The van der Waals surface area contributed by atoms with E-state index in [-0.39, 0.29) is 5.41 Å². The van der Waals surface area contributed by atoms with Crippen molar-refractivity contribution in [2.24, 2.45) is 5.41 Å². The predicted molar refractivity (Wildman–Crippen MR) is 54.0 cm³/mol. The second kappa shape index (κ2) is 3.85. The van der Waals surface area contributed by atoms with Crippen molar-refractivity contribution < 1.29 is 0 Å². The van der Waals surface area contributed by atoms with E-state index in [1.807, 2.05) is 12.1 Å². The van der Waals surface area contributed by atoms with Gasteiger partial charge < -0.3 is 0 Å². The molecule has 0 aliphatic carbocycles. The minimum absolute atomic E-state index is 0.0338. The third-order valence-electron chi connectivity index (χ3n) is 2.46. The monoisotopic (exact) mass is 192 g/mol. The maximum Gasteiger partial charge on any atom is 0.130 e. The first-order valence-electron chi connectivity index (χ1n) is 4.23. The van der Waals surface area contributed by atoms with Crippen molar-refractivity contribution in [3.05, 3.63) is 11.1 Å². The summed E-state index contributed by atoms with van der Waals surface area (Å²) in [7, 11) is 0. The van der Waals surface area contributed by atoms with Crippen LogP contribution >= 0.6 is 11.8 Å². The highest BCUT2D eigenvalue weighted by Gasteiger charge is 2.29. The summed E-state index contributed by atoms with van der Waals surface area (Å²) in [4.78, 5) is 0. The summed E-state index contributed by atoms with van der Waals surface area (Å²) in [5.41, 5.74) is 1.37. The SMILES string of the molecule is CC1(C)CCSCC1=C(C#N)C#N. The van der Waals surface area contributed by atoms with Crippen LogP contribution in [0.15, 0.2) is 11.1 Å². The molecule has 0 aromatic carbocycles. The number of nitrogens with zero attached hydrogens (tertiary/aromatic N) is 2. The van der Waals surface area contributed by atoms with E-state index < -0.39 is 0 Å². The Kier molecular flexibility index (Phi) is 3.01. The zero-order valence-corrected chi connectivity index (χ0v) is 8.74. The maximum atomic E-state index is 8.77. The van der Waals surface area contributed by atoms with Crippen molar-refractivity contribution >= 4 is 11.8 Å². The Morgan fingerprint density at radius 2 is 2.00 bits per heavy atom. The summed E-state index contributed by atoms with van der Waals surface area (Å²) in [6.45, 7) is 4.22. The average molecular weight is 192 g/mol. The number of nitriles is 2. The molecule has 0 atom stereocenters. The molecule has 1 rings (SSSR count). The maximum absolute atomic E-state index is 8.77. The van der Waals surface area contributed by atoms with Crippen LogP contribution in [0.3, 0.4) is 0 Å². The molecule has 0 aromatic rings. The van der Waals surface area contributed by atoms with Gasteiger partial charge in [0.2, 0.25) is 0 Å². The Labute approximate surface area is 83.2 Å². The van der Waals surface area contributed by atoms with Crippen LogP contribution < -0.4 is 0 Å². The predicted octanol–water partition coefficient (Wildman–Crippen LogP) is 2.49. The minimum atomic E-state index is 0.0338. The van der Waals surface area contributed by atoms with Crippen molar-refractivity contribution in [3.8, 4) is 12.1 Å². The van der Waals surface area contributed by atoms with E-state index in [2.05, 4.69) is 13.8 Å². The van der Waals surface area contributed by atoms with Gasteiger partial charge in [-0.2, -0.15) is 22.3 Å². The van der Waals surface area contributed by atoms with Gasteiger partial charge in [-0.1, -0.05) is 13.8 Å². The van der Waals surface area contributed by atoms with E-state index in [0.717, 1.165) is 23.5 Å². The summed E-state index contributed by atoms with van der Waals surface area (Å²) < 4.78 is 0. The number of allylic oxidation sites excluding steroid dienone is 1. The largest absolute Gasteiger partial charge is 0.192 e. The highest BCUT2D eigenvalue weighted by Crippen LogP contribution is 2.39. The molecule has 1 aliphatic heterocycles. The van der Waals surface area contributed by atoms with Crippen LogP contribution in [0.5, 0.6) is 0 Å². The highest BCUT2D eigenvalue weighted by atomic mass is 32.2. The fourth-order valence-electron chi connectivity index (χ4n) is 1.42. The van der Waals surface area contributed by atoms with Gasteiger partial charge in [-0.3, -0.25) is 0 Å². The number of thioether (sulfide) groups is 1. The lowest BCUT2D eigenvalue weighted by molar-refractivity contribution is 0.427. The molecule has 13 heavy (non-hydrogen) atoms. The van der Waals surface area contributed by atoms with Crippen LogP contribution in [0, 0.1) is 28.1 Å². The molecule has 1 heterocycles. The first kappa shape index (κ1) is 10.2. The normalized spacial score (nSPS) is 20.2. The van der Waals surface area contributed by atoms with Crippen molar-refractivity contribution in [2.75, 3.05) is 11.5 Å². The summed E-state index contributed by atoms with van der Waals surface area (Å²) >= 11 is 1.80. The van der Waals surface area contributed by atoms with Crippen LogP contribution in [0.2, 0.25) is 0 Å². The average Bonchev–Trinajstić information content (AvgIpc) is 2.09. The van der Waals surface area contributed by atoms with Crippen LogP contribution in [-0.2, 0) is 0 Å². The van der Waals surface area contributed by atoms with Crippen LogP contribution in [0.4, 0.5) is 0 Å². The lowest BCUT2D eigenvalue weighted by atomic mass is 9.80. The summed E-state index contributed by atoms with van der Waals surface area (Å²) in [5, 5.41) is 17.5. The van der Waals surface area contributed by atoms with Gasteiger partial charge in [0.25, 0.3) is 0 Å². The molecule has 3 heteroatoms. The summed E-state index contributed by atoms with van der Waals surface area (Å²) in [5.74, 6) is 1.96. The van der Waals surface area contributed by atoms with Crippen molar-refractivity contribution in [1.82, 2.24) is 0 Å². The van der Waals surface area contributed by atoms with Crippen LogP contribution in [-0.4, -0.2) is 11.5 Å². The van der Waals surface area contributed by atoms with Gasteiger partial charge in [-0.05, 0) is 23.2 Å². The second-order valence-electron chi connectivity index (χ2n) is 3.76. The molecule has 68 valence electrons. The standard InChI is InChI=1S/C10H12N2S/c1-10(2)3-4-13-7-9(10)8(5-11)6-12/h3-4,7H2,1-2H3. The fourth-order valence-corrected chi connectivity index (χ4v) is 2.96. The first-order chi connectivity index (χ1) is 6.11. The Bertz CT molecular complexity index is 299. The van der Waals surface area contributed by atoms with Gasteiger partial charge in [0.15, 0.2) is 0 Å². The van der Waals surface area contributed by atoms with Gasteiger partial charge in [0.05, 0.1) is 0 Å². The zero-order chi connectivity index (χ0) is 9.90. The lowest BCUT2D eigenvalue weighted by Crippen LogP contribution is -2.23. The van der Waals surface area contributed by atoms with Gasteiger partial charge in [-0.15, -0.1) is 0 Å². The van der Waals surface area contributed by atoms with Crippen LogP contribution in [0.25, 0.3) is 0 Å². The quantitative estimate of drug-likeness (QED) is 0.554. The summed E-state index contributed by atoms with van der Waals surface area (Å²) in [6.07, 6.45) is 1.06. The second-order valence-corrected chi connectivity index (χ2v) is 4.87. The van der Waals surface area contributed by atoms with Crippen molar-refractivity contribution in [2.45, 2.75) is 20.3 Å². The molecule has 0 aromatic heterocycles. The summed E-state index contributed by atoms with van der Waals surface area (Å²) in [6, 6.07) is 3.96. The van der Waals surface area contributed by atoms with Crippen molar-refractivity contribution in [3.63, 3.8) is 0 Å². The molecule has 1 saturated heterocycles. The Morgan fingerprint density at radius 3 is 2.46 bits per heavy atom. The Hall–Kier alpha value is -0.930. The molecule has 0 radical (unpaired) electrons. The molecule has 0 unspecified atom stereocenters. The zero-order valence-electron chi connectivity index (χ0n) is 7.92. The third kappa shape index (κ3) is 2.05. The fraction of sp³-hybridized carbons (Fsp3) is 0.600. The molecule has 0 N–H and O–H groups in total. The van der Waals surface area contributed by atoms with Crippen LogP contribution in [0.1, 0.15) is 20.3 Å². The molecule has 2 nitrogen and oxygen atoms in total. The van der Waals surface area contributed by atoms with E-state index in [1.165, 1.54) is 0 Å². The first-order valence-corrected chi connectivity index (χ1v) is 5.39. The van der Waals surface area contributed by atoms with Gasteiger partial charge in [-0.25, -0.2) is 0 Å². The number of rotatable bonds is 0. The molecule has 0 amide bonds. The van der Waals surface area contributed by atoms with E-state index in [9.17, 15) is 0 Å². The lowest BCUT2D eigenvalue weighted by Gasteiger charge is -2.32. The third-order valence-corrected chi connectivity index (χ3v) is 3.45. The van der Waals surface area contributed by atoms with Crippen molar-refractivity contribution in [1.29, 1.82) is 10.5 Å². The molecular weight excluding hydrogens is 180 g/mol. The molecule has 1 fully saturated rings. The Balaban J connectivity index is 3.09. The molecule has 0 saturated carbocycles. The van der Waals surface area contributed by atoms with Gasteiger partial charge in [0, 0.05) is 5.75 Å². The van der Waals surface area contributed by atoms with E-state index in [4.69, 9.17) is 10.5 Å². The molecule has 0 bridgehead atoms. The van der Waals surface area contributed by atoms with E-state index in [0.29, 0.717) is 5.57 Å². The molecule has 0 spiro atoms. The number of hydrogen-bond donors (Lipinski definition) is 0. The smallest absolute Gasteiger partial charge is 0.130 e. The van der Waals surface area contributed by atoms with E-state index >= 15 is 0 Å². The minimum Gasteiger partial charge on any atom is -0.192 e. The topological polar surface area (TPSA) is 47.6 Å². The molecule has 1 aliphatic rings. The molecular formula is C10H12N2S. The number of hydrogen-bond acceptors (Lipinski definition) is 3. The highest BCUT2D eigenvalue weighted by molar-refractivity contribution is 7.99. The van der Waals surface area contributed by atoms with Gasteiger partial charge in [0.1, 0.15) is 17.7 Å². The van der Waals surface area contributed by atoms with E-state index in [1.54, 1.807) is 11.8 Å².